The van der Waals surface area contributed by atoms with E-state index in [4.69, 9.17) is 5.73 Å². The Balaban J connectivity index is 2.36. The summed E-state index contributed by atoms with van der Waals surface area (Å²) in [5, 5.41) is 5.19. The number of carbonyl (C=O) groups is 1. The van der Waals surface area contributed by atoms with E-state index >= 15 is 0 Å². The first-order chi connectivity index (χ1) is 7.63. The smallest absolute Gasteiger partial charge is 0.246 e. The summed E-state index contributed by atoms with van der Waals surface area (Å²) in [5.41, 5.74) is 5.62. The summed E-state index contributed by atoms with van der Waals surface area (Å²) in [4.78, 5) is 11.5. The van der Waals surface area contributed by atoms with Crippen LogP contribution in [0.5, 0.6) is 0 Å². The number of benzene rings is 1. The summed E-state index contributed by atoms with van der Waals surface area (Å²) < 4.78 is 26.3. The van der Waals surface area contributed by atoms with Crippen LogP contribution in [0.4, 0.5) is 14.5 Å². The van der Waals surface area contributed by atoms with Crippen molar-refractivity contribution in [2.45, 2.75) is 6.04 Å². The molecule has 4 N–H and O–H groups in total. The summed E-state index contributed by atoms with van der Waals surface area (Å²) in [6.45, 7) is 0.743. The molecule has 4 nitrogen and oxygen atoms in total. The second-order valence-electron chi connectivity index (χ2n) is 3.52. The average Bonchev–Trinajstić information content (AvgIpc) is 2.53. The van der Waals surface area contributed by atoms with Crippen LogP contribution in [0, 0.1) is 11.6 Å². The third-order valence-electron chi connectivity index (χ3n) is 2.40. The van der Waals surface area contributed by atoms with Crippen molar-refractivity contribution in [3.63, 3.8) is 0 Å². The maximum Gasteiger partial charge on any atom is 0.246 e. The largest absolute Gasteiger partial charge is 0.329 e. The molecule has 0 saturated carbocycles. The quantitative estimate of drug-likeness (QED) is 0.704. The lowest BCUT2D eigenvalue weighted by Crippen LogP contribution is -2.31. The van der Waals surface area contributed by atoms with Gasteiger partial charge in [0, 0.05) is 24.7 Å². The van der Waals surface area contributed by atoms with Crippen molar-refractivity contribution >= 4 is 11.6 Å². The van der Waals surface area contributed by atoms with Crippen molar-refractivity contribution in [3.8, 4) is 0 Å². The number of halogens is 2. The fourth-order valence-corrected chi connectivity index (χ4v) is 1.72. The van der Waals surface area contributed by atoms with Crippen LogP contribution in [0.3, 0.4) is 0 Å². The summed E-state index contributed by atoms with van der Waals surface area (Å²) in [6.07, 6.45) is 0. The van der Waals surface area contributed by atoms with Crippen molar-refractivity contribution in [3.05, 3.63) is 29.3 Å². The van der Waals surface area contributed by atoms with Crippen LogP contribution in [0.2, 0.25) is 0 Å². The number of hydrogen-bond donors (Lipinski definition) is 3. The van der Waals surface area contributed by atoms with E-state index in [1.54, 1.807) is 0 Å². The number of carbonyl (C=O) groups excluding carboxylic acids is 1. The number of hydrogen-bond acceptors (Lipinski definition) is 3. The molecule has 0 aromatic heterocycles. The maximum atomic E-state index is 13.3. The van der Waals surface area contributed by atoms with Gasteiger partial charge in [0.15, 0.2) is 0 Å². The van der Waals surface area contributed by atoms with Gasteiger partial charge in [0.1, 0.15) is 17.7 Å². The normalized spacial score (nSPS) is 18.4. The molecule has 1 unspecified atom stereocenters. The van der Waals surface area contributed by atoms with E-state index in [1.165, 1.54) is 0 Å². The highest BCUT2D eigenvalue weighted by molar-refractivity contribution is 6.02. The average molecular weight is 227 g/mol. The third-order valence-corrected chi connectivity index (χ3v) is 2.40. The molecule has 0 aliphatic carbocycles. The van der Waals surface area contributed by atoms with Gasteiger partial charge in [-0.2, -0.15) is 0 Å². The molecule has 1 heterocycles. The first-order valence-electron chi connectivity index (χ1n) is 4.86. The zero-order chi connectivity index (χ0) is 11.7. The monoisotopic (exact) mass is 227 g/mol. The van der Waals surface area contributed by atoms with E-state index in [0.29, 0.717) is 13.1 Å². The molecule has 6 heteroatoms. The molecule has 1 aromatic carbocycles. The van der Waals surface area contributed by atoms with Crippen LogP contribution in [0.1, 0.15) is 11.6 Å². The van der Waals surface area contributed by atoms with E-state index in [0.717, 1.165) is 12.1 Å². The molecule has 1 aliphatic heterocycles. The minimum Gasteiger partial charge on any atom is -0.329 e. The molecule has 0 saturated heterocycles. The summed E-state index contributed by atoms with van der Waals surface area (Å²) >= 11 is 0. The van der Waals surface area contributed by atoms with Crippen LogP contribution in [0.25, 0.3) is 0 Å². The highest BCUT2D eigenvalue weighted by Gasteiger charge is 2.32. The Morgan fingerprint density at radius 3 is 2.88 bits per heavy atom. The van der Waals surface area contributed by atoms with Gasteiger partial charge in [-0.1, -0.05) is 0 Å². The molecule has 2 rings (SSSR count). The molecule has 0 bridgehead atoms. The van der Waals surface area contributed by atoms with E-state index < -0.39 is 23.6 Å². The summed E-state index contributed by atoms with van der Waals surface area (Å²) in [5.74, 6) is -1.86. The van der Waals surface area contributed by atoms with Gasteiger partial charge in [0.05, 0.1) is 5.69 Å². The van der Waals surface area contributed by atoms with Gasteiger partial charge >= 0.3 is 0 Å². The van der Waals surface area contributed by atoms with Crippen LogP contribution >= 0.6 is 0 Å². The van der Waals surface area contributed by atoms with Gasteiger partial charge < -0.3 is 16.4 Å². The number of fused-ring (bicyclic) bond motifs is 1. The van der Waals surface area contributed by atoms with Gasteiger partial charge in [0.2, 0.25) is 5.91 Å². The predicted octanol–water partition coefficient (Wildman–Crippen LogP) is 0.506. The van der Waals surface area contributed by atoms with E-state index in [-0.39, 0.29) is 11.3 Å². The Morgan fingerprint density at radius 2 is 2.19 bits per heavy atom. The minimum atomic E-state index is -0.764. The van der Waals surface area contributed by atoms with E-state index in [1.807, 2.05) is 0 Å². The van der Waals surface area contributed by atoms with Crippen LogP contribution in [-0.4, -0.2) is 19.0 Å². The zero-order valence-corrected chi connectivity index (χ0v) is 8.39. The molecule has 1 atom stereocenters. The van der Waals surface area contributed by atoms with Gasteiger partial charge in [-0.3, -0.25) is 4.79 Å². The lowest BCUT2D eigenvalue weighted by Gasteiger charge is -2.10. The molecule has 16 heavy (non-hydrogen) atoms. The van der Waals surface area contributed by atoms with Crippen molar-refractivity contribution < 1.29 is 13.6 Å². The Labute approximate surface area is 90.8 Å². The topological polar surface area (TPSA) is 67.1 Å². The molecule has 0 fully saturated rings. The second kappa shape index (κ2) is 4.15. The molecule has 1 amide bonds. The van der Waals surface area contributed by atoms with Gasteiger partial charge in [0.25, 0.3) is 0 Å². The van der Waals surface area contributed by atoms with Crippen molar-refractivity contribution in [2.24, 2.45) is 5.73 Å². The van der Waals surface area contributed by atoms with E-state index in [9.17, 15) is 13.6 Å². The number of anilines is 1. The summed E-state index contributed by atoms with van der Waals surface area (Å²) in [7, 11) is 0. The van der Waals surface area contributed by atoms with Crippen molar-refractivity contribution in [2.75, 3.05) is 18.4 Å². The third kappa shape index (κ3) is 1.77. The molecule has 1 aromatic rings. The van der Waals surface area contributed by atoms with Gasteiger partial charge in [-0.05, 0) is 6.07 Å². The first kappa shape index (κ1) is 11.0. The first-order valence-corrected chi connectivity index (χ1v) is 4.86. The van der Waals surface area contributed by atoms with E-state index in [2.05, 4.69) is 10.6 Å². The Kier molecular flexibility index (Phi) is 2.84. The molecular formula is C10H11F2N3O. The highest BCUT2D eigenvalue weighted by atomic mass is 19.1. The van der Waals surface area contributed by atoms with Crippen LogP contribution < -0.4 is 16.4 Å². The SMILES string of the molecule is NCCNC1C(=O)Nc2c(F)cc(F)cc21. The van der Waals surface area contributed by atoms with Gasteiger partial charge in [-0.25, -0.2) is 8.78 Å². The molecule has 0 spiro atoms. The van der Waals surface area contributed by atoms with Crippen LogP contribution in [0.15, 0.2) is 12.1 Å². The van der Waals surface area contributed by atoms with Gasteiger partial charge in [-0.15, -0.1) is 0 Å². The second-order valence-corrected chi connectivity index (χ2v) is 3.52. The number of nitrogens with one attached hydrogen (secondary N) is 2. The summed E-state index contributed by atoms with van der Waals surface area (Å²) in [6, 6.07) is 1.15. The highest BCUT2D eigenvalue weighted by Crippen LogP contribution is 2.33. The number of nitrogens with two attached hydrogens (primary N) is 1. The van der Waals surface area contributed by atoms with Crippen molar-refractivity contribution in [1.29, 1.82) is 0 Å². The molecular weight excluding hydrogens is 216 g/mol. The fourth-order valence-electron chi connectivity index (χ4n) is 1.72. The Morgan fingerprint density at radius 1 is 1.44 bits per heavy atom. The molecule has 86 valence electrons. The Hall–Kier alpha value is -1.53. The number of rotatable bonds is 3. The lowest BCUT2D eigenvalue weighted by molar-refractivity contribution is -0.117. The maximum absolute atomic E-state index is 13.3. The fraction of sp³-hybridized carbons (Fsp3) is 0.300. The molecule has 1 aliphatic rings. The van der Waals surface area contributed by atoms with Crippen LogP contribution in [-0.2, 0) is 4.79 Å². The lowest BCUT2D eigenvalue weighted by atomic mass is 10.1. The minimum absolute atomic E-state index is 0.0425. The Bertz CT molecular complexity index is 436. The standard InChI is InChI=1S/C10H11F2N3O/c11-5-3-6-8(7(12)4-5)15-10(16)9(6)14-2-1-13/h3-4,9,14H,1-2,13H2,(H,15,16). The molecule has 0 radical (unpaired) electrons. The van der Waals surface area contributed by atoms with Crippen molar-refractivity contribution in [1.82, 2.24) is 5.32 Å². The zero-order valence-electron chi connectivity index (χ0n) is 8.39. The number of amides is 1. The predicted molar refractivity (Wildman–Crippen MR) is 54.8 cm³/mol.